The molecule has 2 heterocycles. The van der Waals surface area contributed by atoms with Crippen LogP contribution in [0.4, 0.5) is 0 Å². The van der Waals surface area contributed by atoms with Crippen LogP contribution in [-0.2, 0) is 14.6 Å². The highest BCUT2D eigenvalue weighted by atomic mass is 32.2. The van der Waals surface area contributed by atoms with Crippen molar-refractivity contribution in [1.82, 2.24) is 15.1 Å². The van der Waals surface area contributed by atoms with E-state index in [1.165, 1.54) is 6.08 Å². The van der Waals surface area contributed by atoms with Gasteiger partial charge in [0.05, 0.1) is 6.61 Å². The Kier molecular flexibility index (Phi) is 6.13. The van der Waals surface area contributed by atoms with Gasteiger partial charge in [0, 0.05) is 24.4 Å². The fraction of sp³-hybridized carbons (Fsp3) is 0.421. The second-order valence-corrected chi connectivity index (χ2v) is 8.48. The van der Waals surface area contributed by atoms with Crippen LogP contribution in [0.2, 0.25) is 0 Å². The minimum atomic E-state index is -3.58. The molecule has 0 bridgehead atoms. The second-order valence-electron chi connectivity index (χ2n) is 6.59. The number of carbonyl (C=O) groups excluding carboxylic acids is 1. The fourth-order valence-corrected chi connectivity index (χ4v) is 3.44. The van der Waals surface area contributed by atoms with Crippen molar-refractivity contribution in [3.63, 3.8) is 0 Å². The normalized spacial score (nSPS) is 17.4. The van der Waals surface area contributed by atoms with Gasteiger partial charge < -0.3 is 14.1 Å². The summed E-state index contributed by atoms with van der Waals surface area (Å²) in [6.07, 6.45) is 6.52. The summed E-state index contributed by atoms with van der Waals surface area (Å²) in [6, 6.07) is 7.09. The highest BCUT2D eigenvalue weighted by Gasteiger charge is 2.33. The highest BCUT2D eigenvalue weighted by molar-refractivity contribution is 7.90. The number of hydrogen-bond donors (Lipinski definition) is 0. The Morgan fingerprint density at radius 3 is 2.86 bits per heavy atom. The summed E-state index contributed by atoms with van der Waals surface area (Å²) < 4.78 is 34.1. The number of para-hydroxylation sites is 1. The Balaban J connectivity index is 1.75. The summed E-state index contributed by atoms with van der Waals surface area (Å²) in [7, 11) is -3.58. The van der Waals surface area contributed by atoms with Crippen LogP contribution < -0.4 is 4.74 Å². The lowest BCUT2D eigenvalue weighted by Gasteiger charge is -2.20. The van der Waals surface area contributed by atoms with Crippen molar-refractivity contribution in [1.29, 1.82) is 0 Å². The van der Waals surface area contributed by atoms with Gasteiger partial charge >= 0.3 is 5.22 Å². The van der Waals surface area contributed by atoms with Crippen LogP contribution in [0.25, 0.3) is 6.08 Å². The Hall–Kier alpha value is -2.68. The van der Waals surface area contributed by atoms with Crippen LogP contribution in [0.15, 0.2) is 40.0 Å². The van der Waals surface area contributed by atoms with Gasteiger partial charge in [0.15, 0.2) is 0 Å². The first-order valence-electron chi connectivity index (χ1n) is 9.14. The quantitative estimate of drug-likeness (QED) is 0.652. The van der Waals surface area contributed by atoms with E-state index < -0.39 is 21.1 Å². The third kappa shape index (κ3) is 4.59. The van der Waals surface area contributed by atoms with E-state index in [4.69, 9.17) is 9.15 Å². The molecule has 0 unspecified atom stereocenters. The van der Waals surface area contributed by atoms with Gasteiger partial charge in [0.25, 0.3) is 0 Å². The Bertz CT molecular complexity index is 967. The van der Waals surface area contributed by atoms with Gasteiger partial charge in [-0.2, -0.15) is 0 Å². The number of benzene rings is 1. The van der Waals surface area contributed by atoms with Crippen LogP contribution >= 0.6 is 0 Å². The number of hydrogen-bond acceptors (Lipinski definition) is 7. The summed E-state index contributed by atoms with van der Waals surface area (Å²) in [5.41, 5.74) is 0.817. The van der Waals surface area contributed by atoms with Crippen LogP contribution in [0.3, 0.4) is 0 Å². The lowest BCUT2D eigenvalue weighted by atomic mass is 10.1. The second kappa shape index (κ2) is 8.55. The largest absolute Gasteiger partial charge is 0.493 e. The fourth-order valence-electron chi connectivity index (χ4n) is 3.01. The summed E-state index contributed by atoms with van der Waals surface area (Å²) in [5, 5.41) is 6.98. The molecule has 0 saturated carbocycles. The van der Waals surface area contributed by atoms with Crippen molar-refractivity contribution in [3.8, 4) is 5.75 Å². The zero-order valence-corrected chi connectivity index (χ0v) is 16.7. The Morgan fingerprint density at radius 2 is 2.14 bits per heavy atom. The lowest BCUT2D eigenvalue weighted by molar-refractivity contribution is -0.127. The SMILES string of the molecule is CCCOc1ccccc1/C=C/C(=O)N1CCC[C@H]1c1nnc(S(C)(=O)=O)o1. The molecule has 150 valence electrons. The van der Waals surface area contributed by atoms with E-state index in [0.717, 1.165) is 30.4 Å². The van der Waals surface area contributed by atoms with Gasteiger partial charge in [0.1, 0.15) is 11.8 Å². The molecule has 0 aliphatic carbocycles. The lowest BCUT2D eigenvalue weighted by Crippen LogP contribution is -2.29. The number of nitrogens with zero attached hydrogens (tertiary/aromatic N) is 3. The average Bonchev–Trinajstić information content (AvgIpc) is 3.33. The highest BCUT2D eigenvalue weighted by Crippen LogP contribution is 2.32. The summed E-state index contributed by atoms with van der Waals surface area (Å²) in [5.74, 6) is 0.666. The van der Waals surface area contributed by atoms with Crippen molar-refractivity contribution in [3.05, 3.63) is 41.8 Å². The number of carbonyl (C=O) groups is 1. The monoisotopic (exact) mass is 405 g/mol. The molecule has 1 aliphatic rings. The molecular formula is C19H23N3O5S. The van der Waals surface area contributed by atoms with Crippen LogP contribution in [0, 0.1) is 0 Å². The van der Waals surface area contributed by atoms with Gasteiger partial charge in [-0.05, 0) is 31.4 Å². The summed E-state index contributed by atoms with van der Waals surface area (Å²) >= 11 is 0. The van der Waals surface area contributed by atoms with E-state index in [-0.39, 0.29) is 11.8 Å². The molecule has 1 aromatic carbocycles. The van der Waals surface area contributed by atoms with Crippen molar-refractivity contribution in [2.45, 2.75) is 37.5 Å². The maximum atomic E-state index is 12.7. The molecule has 0 spiro atoms. The standard InChI is InChI=1S/C19H23N3O5S/c1-3-13-26-16-9-5-4-7-14(16)10-11-17(23)22-12-6-8-15(22)18-20-21-19(27-18)28(2,24)25/h4-5,7,9-11,15H,3,6,8,12-13H2,1-2H3/b11-10+/t15-/m0/s1. The molecule has 0 N–H and O–H groups in total. The smallest absolute Gasteiger partial charge is 0.335 e. The molecule has 1 atom stereocenters. The van der Waals surface area contributed by atoms with E-state index >= 15 is 0 Å². The van der Waals surface area contributed by atoms with Gasteiger partial charge in [-0.25, -0.2) is 8.42 Å². The average molecular weight is 405 g/mol. The van der Waals surface area contributed by atoms with Gasteiger partial charge in [-0.1, -0.05) is 30.2 Å². The van der Waals surface area contributed by atoms with Gasteiger partial charge in [-0.3, -0.25) is 4.79 Å². The predicted octanol–water partition coefficient (Wildman–Crippen LogP) is 2.64. The molecule has 1 saturated heterocycles. The molecule has 2 aromatic rings. The summed E-state index contributed by atoms with van der Waals surface area (Å²) in [6.45, 7) is 3.17. The molecule has 9 heteroatoms. The minimum absolute atomic E-state index is 0.145. The molecule has 3 rings (SSSR count). The first-order valence-corrected chi connectivity index (χ1v) is 11.0. The number of aromatic nitrogens is 2. The number of rotatable bonds is 7. The first kappa shape index (κ1) is 20.1. The van der Waals surface area contributed by atoms with Crippen molar-refractivity contribution >= 4 is 21.8 Å². The van der Waals surface area contributed by atoms with Crippen molar-refractivity contribution < 1.29 is 22.4 Å². The number of likely N-dealkylation sites (tertiary alicyclic amines) is 1. The molecule has 1 aliphatic heterocycles. The van der Waals surface area contributed by atoms with E-state index in [1.807, 2.05) is 31.2 Å². The van der Waals surface area contributed by atoms with Crippen molar-refractivity contribution in [2.24, 2.45) is 0 Å². The first-order chi connectivity index (χ1) is 13.4. The molecule has 1 fully saturated rings. The number of ether oxygens (including phenoxy) is 1. The maximum absolute atomic E-state index is 12.7. The zero-order valence-electron chi connectivity index (χ0n) is 15.9. The van der Waals surface area contributed by atoms with E-state index in [9.17, 15) is 13.2 Å². The molecule has 28 heavy (non-hydrogen) atoms. The van der Waals surface area contributed by atoms with E-state index in [0.29, 0.717) is 19.6 Å². The number of sulfone groups is 1. The topological polar surface area (TPSA) is 103 Å². The molecule has 1 amide bonds. The predicted molar refractivity (Wildman–Crippen MR) is 102 cm³/mol. The van der Waals surface area contributed by atoms with Gasteiger partial charge in [0.2, 0.25) is 21.6 Å². The van der Waals surface area contributed by atoms with E-state index in [2.05, 4.69) is 10.2 Å². The molecule has 0 radical (unpaired) electrons. The zero-order chi connectivity index (χ0) is 20.1. The van der Waals surface area contributed by atoms with Crippen molar-refractivity contribution in [2.75, 3.05) is 19.4 Å². The van der Waals surface area contributed by atoms with Crippen LogP contribution in [0.1, 0.15) is 43.7 Å². The maximum Gasteiger partial charge on any atom is 0.335 e. The molecular weight excluding hydrogens is 382 g/mol. The Labute approximate surface area is 164 Å². The summed E-state index contributed by atoms with van der Waals surface area (Å²) in [4.78, 5) is 14.3. The molecule has 1 aromatic heterocycles. The minimum Gasteiger partial charge on any atom is -0.493 e. The van der Waals surface area contributed by atoms with Gasteiger partial charge in [-0.15, -0.1) is 5.10 Å². The molecule has 8 nitrogen and oxygen atoms in total. The van der Waals surface area contributed by atoms with E-state index in [1.54, 1.807) is 11.0 Å². The van der Waals surface area contributed by atoms with Crippen LogP contribution in [-0.4, -0.2) is 48.8 Å². The third-order valence-electron chi connectivity index (χ3n) is 4.35. The Morgan fingerprint density at radius 1 is 1.36 bits per heavy atom. The third-order valence-corrected chi connectivity index (χ3v) is 5.15. The number of amides is 1. The van der Waals surface area contributed by atoms with Crippen LogP contribution in [0.5, 0.6) is 5.75 Å².